The highest BCUT2D eigenvalue weighted by atomic mass is 31.0. The Hall–Kier alpha value is -2.75. The van der Waals surface area contributed by atoms with Crippen molar-refractivity contribution in [3.05, 3.63) is 0 Å². The minimum Gasteiger partial charge on any atom is -0.473 e. The zero-order valence-corrected chi connectivity index (χ0v) is 10.3. The summed E-state index contributed by atoms with van der Waals surface area (Å²) in [7, 11) is 0. The molecule has 0 heterocycles. The first-order valence-corrected chi connectivity index (χ1v) is 3.32. The van der Waals surface area contributed by atoms with Crippen molar-refractivity contribution >= 4 is 45.7 Å². The van der Waals surface area contributed by atoms with Gasteiger partial charge in [-0.05, 0) is 0 Å². The third-order valence-electron chi connectivity index (χ3n) is 0.549. The summed E-state index contributed by atoms with van der Waals surface area (Å²) < 4.78 is 0. The van der Waals surface area contributed by atoms with E-state index in [9.17, 15) is 0 Å². The Morgan fingerprint density at radius 1 is 0.368 bits per heavy atom. The van der Waals surface area contributed by atoms with Gasteiger partial charge in [-0.2, -0.15) is 9.90 Å². The summed E-state index contributed by atoms with van der Waals surface area (Å²) in [5.41, 5.74) is 0. The van der Waals surface area contributed by atoms with Crippen LogP contribution in [0.5, 0.6) is 0 Å². The molecule has 110 valence electrons. The zero-order chi connectivity index (χ0) is 15.5. The Labute approximate surface area is 106 Å². The lowest BCUT2D eigenvalue weighted by Gasteiger charge is -1.72. The highest BCUT2D eigenvalue weighted by Crippen LogP contribution is 1.57. The molecule has 0 aliphatic rings. The van der Waals surface area contributed by atoms with Gasteiger partial charge in [0.2, 0.25) is 0 Å². The maximum absolute atomic E-state index is 9.10. The van der Waals surface area contributed by atoms with Gasteiger partial charge in [0, 0.05) is 0 Å². The van der Waals surface area contributed by atoms with Crippen LogP contribution in [0.15, 0.2) is 0 Å². The van der Waals surface area contributed by atoms with Crippen LogP contribution in [-0.4, -0.2) is 66.5 Å². The molecule has 0 aromatic rings. The molecule has 0 amide bonds. The summed E-state index contributed by atoms with van der Waals surface area (Å²) in [6.07, 6.45) is 0. The fraction of sp³-hybridized carbons (Fsp3) is 0. The number of carbonyl (C=O) groups is 6. The quantitative estimate of drug-likeness (QED) is 0.202. The van der Waals surface area contributed by atoms with E-state index in [0.29, 0.717) is 0 Å². The Morgan fingerprint density at radius 3 is 0.421 bits per heavy atom. The van der Waals surface area contributed by atoms with Crippen LogP contribution in [0.1, 0.15) is 0 Å². The van der Waals surface area contributed by atoms with Gasteiger partial charge in [-0.15, -0.1) is 0 Å². The van der Waals surface area contributed by atoms with Crippen LogP contribution in [0.3, 0.4) is 0 Å². The maximum Gasteiger partial charge on any atom is 0.414 e. The third kappa shape index (κ3) is 31.3. The molecule has 0 spiro atoms. The Morgan fingerprint density at radius 2 is 0.421 bits per heavy atom. The summed E-state index contributed by atoms with van der Waals surface area (Å²) in [5.74, 6) is -10.9. The second-order valence-electron chi connectivity index (χ2n) is 1.83. The molecule has 1 unspecified atom stereocenters. The predicted octanol–water partition coefficient (Wildman–Crippen LogP) is -2.48. The fourth-order valence-electron chi connectivity index (χ4n) is 0. The van der Waals surface area contributed by atoms with Crippen LogP contribution in [0.4, 0.5) is 0 Å². The first-order chi connectivity index (χ1) is 7.93. The largest absolute Gasteiger partial charge is 0.473 e. The zero-order valence-electron chi connectivity index (χ0n) is 8.84. The monoisotopic (exact) mass is 304 g/mol. The van der Waals surface area contributed by atoms with Gasteiger partial charge in [0.05, 0.1) is 0 Å². The molecule has 0 aromatic heterocycles. The summed E-state index contributed by atoms with van der Waals surface area (Å²) in [6.45, 7) is 0. The van der Waals surface area contributed by atoms with Crippen LogP contribution in [-0.2, 0) is 28.8 Å². The van der Waals surface area contributed by atoms with Crippen LogP contribution in [0.2, 0.25) is 0 Å². The molecule has 12 nitrogen and oxygen atoms in total. The third-order valence-corrected chi connectivity index (χ3v) is 0.549. The molecule has 0 saturated heterocycles. The van der Waals surface area contributed by atoms with Crippen molar-refractivity contribution in [1.82, 2.24) is 0 Å². The Bertz CT molecular complexity index is 277. The van der Waals surface area contributed by atoms with Gasteiger partial charge in [0.15, 0.2) is 0 Å². The van der Waals surface area contributed by atoms with Crippen molar-refractivity contribution in [2.75, 3.05) is 0 Å². The second-order valence-corrected chi connectivity index (χ2v) is 1.83. The molecule has 0 rings (SSSR count). The molecule has 0 radical (unpaired) electrons. The molecular weight excluding hydrogens is 295 g/mol. The van der Waals surface area contributed by atoms with E-state index in [1.807, 2.05) is 0 Å². The van der Waals surface area contributed by atoms with Crippen molar-refractivity contribution < 1.29 is 59.4 Å². The highest BCUT2D eigenvalue weighted by Gasteiger charge is 2.04. The first-order valence-electron chi connectivity index (χ1n) is 3.32. The minimum absolute atomic E-state index is 0. The van der Waals surface area contributed by atoms with E-state index in [2.05, 4.69) is 0 Å². The summed E-state index contributed by atoms with van der Waals surface area (Å²) in [5, 5.41) is 44.3. The van der Waals surface area contributed by atoms with Crippen molar-refractivity contribution in [3.63, 3.8) is 0 Å². The first kappa shape index (κ1) is 25.2. The molecule has 6 N–H and O–H groups in total. The Balaban J connectivity index is -0.0000000865. The van der Waals surface area contributed by atoms with Gasteiger partial charge in [-0.25, -0.2) is 28.8 Å². The van der Waals surface area contributed by atoms with Crippen molar-refractivity contribution in [2.24, 2.45) is 0 Å². The van der Waals surface area contributed by atoms with Gasteiger partial charge in [-0.1, -0.05) is 0 Å². The number of carboxylic acid groups (broad SMARTS) is 6. The van der Waals surface area contributed by atoms with Crippen LogP contribution in [0.25, 0.3) is 0 Å². The minimum atomic E-state index is -1.82. The van der Waals surface area contributed by atoms with Gasteiger partial charge in [0.1, 0.15) is 0 Å². The van der Waals surface area contributed by atoms with Crippen LogP contribution < -0.4 is 0 Å². The predicted molar refractivity (Wildman–Crippen MR) is 56.9 cm³/mol. The standard InChI is InChI=1S/3C2H2O4.H3P/c3*3-1(4)2(5)6;/h3*(H,3,4)(H,5,6);1H3. The number of carboxylic acids is 6. The lowest BCUT2D eigenvalue weighted by atomic mass is 10.7. The van der Waals surface area contributed by atoms with Gasteiger partial charge in [-0.3, -0.25) is 0 Å². The Kier molecular flexibility index (Phi) is 17.6. The van der Waals surface area contributed by atoms with Crippen LogP contribution in [0, 0.1) is 0 Å². The lowest BCUT2D eigenvalue weighted by Crippen LogP contribution is -2.09. The van der Waals surface area contributed by atoms with Gasteiger partial charge >= 0.3 is 35.8 Å². The maximum atomic E-state index is 9.10. The normalized spacial score (nSPS) is 6.95. The summed E-state index contributed by atoms with van der Waals surface area (Å²) in [4.78, 5) is 54.6. The molecular formula is C6H9O12P. The molecule has 13 heteroatoms. The fourth-order valence-corrected chi connectivity index (χ4v) is 0. The van der Waals surface area contributed by atoms with Crippen molar-refractivity contribution in [2.45, 2.75) is 0 Å². The second kappa shape index (κ2) is 13.3. The van der Waals surface area contributed by atoms with E-state index in [0.717, 1.165) is 0 Å². The van der Waals surface area contributed by atoms with Crippen molar-refractivity contribution in [3.8, 4) is 0 Å². The molecule has 0 aromatic carbocycles. The van der Waals surface area contributed by atoms with E-state index in [1.54, 1.807) is 0 Å². The molecule has 0 aliphatic heterocycles. The van der Waals surface area contributed by atoms with Crippen LogP contribution >= 0.6 is 9.90 Å². The molecule has 0 aliphatic carbocycles. The molecule has 1 atom stereocenters. The summed E-state index contributed by atoms with van der Waals surface area (Å²) in [6, 6.07) is 0. The van der Waals surface area contributed by atoms with E-state index in [1.165, 1.54) is 0 Å². The SMILES string of the molecule is O=C(O)C(=O)O.O=C(O)C(=O)O.O=C(O)C(=O)O.P. The lowest BCUT2D eigenvalue weighted by molar-refractivity contribution is -0.159. The average molecular weight is 304 g/mol. The van der Waals surface area contributed by atoms with Gasteiger partial charge in [0.25, 0.3) is 0 Å². The molecule has 0 bridgehead atoms. The average Bonchev–Trinajstić information content (AvgIpc) is 2.18. The summed E-state index contributed by atoms with van der Waals surface area (Å²) >= 11 is 0. The van der Waals surface area contributed by atoms with E-state index in [-0.39, 0.29) is 9.90 Å². The molecule has 0 fully saturated rings. The smallest absolute Gasteiger partial charge is 0.414 e. The number of hydrogen-bond donors (Lipinski definition) is 6. The number of aliphatic carboxylic acids is 6. The molecule has 0 saturated carbocycles. The van der Waals surface area contributed by atoms with E-state index >= 15 is 0 Å². The topological polar surface area (TPSA) is 224 Å². The van der Waals surface area contributed by atoms with E-state index in [4.69, 9.17) is 59.4 Å². The van der Waals surface area contributed by atoms with E-state index < -0.39 is 35.8 Å². The highest BCUT2D eigenvalue weighted by molar-refractivity contribution is 6.92. The number of hydrogen-bond acceptors (Lipinski definition) is 6. The molecule has 19 heavy (non-hydrogen) atoms. The van der Waals surface area contributed by atoms with Crippen molar-refractivity contribution in [1.29, 1.82) is 0 Å². The number of rotatable bonds is 0. The van der Waals surface area contributed by atoms with Gasteiger partial charge < -0.3 is 30.6 Å².